The van der Waals surface area contributed by atoms with Crippen LogP contribution in [0.3, 0.4) is 0 Å². The fourth-order valence-electron chi connectivity index (χ4n) is 2.30. The van der Waals surface area contributed by atoms with Crippen LogP contribution in [0.15, 0.2) is 0 Å². The lowest BCUT2D eigenvalue weighted by Crippen LogP contribution is -2.46. The lowest BCUT2D eigenvalue weighted by Gasteiger charge is -2.32. The molecule has 0 aromatic carbocycles. The second-order valence-electron chi connectivity index (χ2n) is 5.70. The third-order valence-electron chi connectivity index (χ3n) is 3.71. The Labute approximate surface area is 115 Å². The first-order chi connectivity index (χ1) is 8.91. The van der Waals surface area contributed by atoms with E-state index in [0.717, 1.165) is 25.9 Å². The molecule has 0 spiro atoms. The molecule has 1 aliphatic heterocycles. The zero-order valence-electron chi connectivity index (χ0n) is 12.3. The van der Waals surface area contributed by atoms with Crippen molar-refractivity contribution in [3.8, 4) is 0 Å². The summed E-state index contributed by atoms with van der Waals surface area (Å²) < 4.78 is 0. The van der Waals surface area contributed by atoms with Crippen molar-refractivity contribution >= 4 is 11.9 Å². The summed E-state index contributed by atoms with van der Waals surface area (Å²) in [6.07, 6.45) is 3.37. The van der Waals surface area contributed by atoms with Crippen LogP contribution in [0, 0.1) is 5.92 Å². The van der Waals surface area contributed by atoms with E-state index in [1.165, 1.54) is 6.42 Å². The first kappa shape index (κ1) is 16.0. The maximum atomic E-state index is 12.2. The third kappa shape index (κ3) is 5.19. The molecule has 5 nitrogen and oxygen atoms in total. The molecule has 1 amide bonds. The van der Waals surface area contributed by atoms with Crippen molar-refractivity contribution in [3.05, 3.63) is 0 Å². The van der Waals surface area contributed by atoms with Gasteiger partial charge in [0.25, 0.3) is 0 Å². The van der Waals surface area contributed by atoms with Crippen molar-refractivity contribution in [1.29, 1.82) is 0 Å². The van der Waals surface area contributed by atoms with E-state index in [4.69, 9.17) is 5.11 Å². The number of hydrogen-bond donors (Lipinski definition) is 1. The van der Waals surface area contributed by atoms with Crippen molar-refractivity contribution < 1.29 is 14.7 Å². The van der Waals surface area contributed by atoms with E-state index in [-0.39, 0.29) is 11.9 Å². The van der Waals surface area contributed by atoms with Crippen LogP contribution in [0.25, 0.3) is 0 Å². The summed E-state index contributed by atoms with van der Waals surface area (Å²) in [5, 5.41) is 8.97. The Balaban J connectivity index is 2.52. The molecule has 0 bridgehead atoms. The third-order valence-corrected chi connectivity index (χ3v) is 3.71. The van der Waals surface area contributed by atoms with Crippen molar-refractivity contribution in [2.24, 2.45) is 5.92 Å². The van der Waals surface area contributed by atoms with Gasteiger partial charge < -0.3 is 10.0 Å². The van der Waals surface area contributed by atoms with Crippen LogP contribution in [0.5, 0.6) is 0 Å². The van der Waals surface area contributed by atoms with E-state index in [9.17, 15) is 9.59 Å². The molecular formula is C14H26N2O3. The highest BCUT2D eigenvalue weighted by molar-refractivity contribution is 5.78. The van der Waals surface area contributed by atoms with Crippen LogP contribution >= 0.6 is 0 Å². The number of nitrogens with zero attached hydrogens (tertiary/aromatic N) is 2. The van der Waals surface area contributed by atoms with Gasteiger partial charge in [-0.15, -0.1) is 0 Å². The molecule has 1 unspecified atom stereocenters. The molecule has 19 heavy (non-hydrogen) atoms. The van der Waals surface area contributed by atoms with E-state index < -0.39 is 11.9 Å². The predicted octanol–water partition coefficient (Wildman–Crippen LogP) is 1.43. The number of likely N-dealkylation sites (tertiary alicyclic amines) is 1. The average Bonchev–Trinajstić information content (AvgIpc) is 2.38. The maximum Gasteiger partial charge on any atom is 0.307 e. The number of carbonyl (C=O) groups is 2. The van der Waals surface area contributed by atoms with E-state index in [2.05, 4.69) is 0 Å². The molecular weight excluding hydrogens is 244 g/mol. The molecule has 1 fully saturated rings. The summed E-state index contributed by atoms with van der Waals surface area (Å²) in [7, 11) is 0. The lowest BCUT2D eigenvalue weighted by atomic mass is 10.1. The van der Waals surface area contributed by atoms with Crippen LogP contribution in [0.2, 0.25) is 0 Å². The second-order valence-corrected chi connectivity index (χ2v) is 5.70. The standard InChI is InChI=1S/C14H26N2O3/c1-11(2)16(9-12(3)14(18)19)10-13(17)15-7-5-4-6-8-15/h11-12H,4-10H2,1-3H3,(H,18,19). The van der Waals surface area contributed by atoms with Crippen molar-refractivity contribution in [3.63, 3.8) is 0 Å². The number of carboxylic acid groups (broad SMARTS) is 1. The van der Waals surface area contributed by atoms with Crippen LogP contribution in [-0.4, -0.2) is 59.0 Å². The Morgan fingerprint density at radius 1 is 1.16 bits per heavy atom. The summed E-state index contributed by atoms with van der Waals surface area (Å²) in [4.78, 5) is 27.0. The van der Waals surface area contributed by atoms with Gasteiger partial charge in [-0.2, -0.15) is 0 Å². The first-order valence-electron chi connectivity index (χ1n) is 7.16. The van der Waals surface area contributed by atoms with Gasteiger partial charge in [-0.3, -0.25) is 14.5 Å². The smallest absolute Gasteiger partial charge is 0.307 e. The number of carbonyl (C=O) groups excluding carboxylic acids is 1. The molecule has 1 atom stereocenters. The minimum atomic E-state index is -0.809. The number of aliphatic carboxylic acids is 1. The first-order valence-corrected chi connectivity index (χ1v) is 7.16. The summed E-state index contributed by atoms with van der Waals surface area (Å²) in [5.41, 5.74) is 0. The molecule has 1 saturated heterocycles. The van der Waals surface area contributed by atoms with Gasteiger partial charge in [0.05, 0.1) is 12.5 Å². The quantitative estimate of drug-likeness (QED) is 0.793. The Hall–Kier alpha value is -1.10. The van der Waals surface area contributed by atoms with Gasteiger partial charge in [0.1, 0.15) is 0 Å². The molecule has 1 heterocycles. The highest BCUT2D eigenvalue weighted by atomic mass is 16.4. The van der Waals surface area contributed by atoms with Gasteiger partial charge in [-0.1, -0.05) is 6.92 Å². The summed E-state index contributed by atoms with van der Waals surface area (Å²) in [5.74, 6) is -1.13. The molecule has 1 aliphatic rings. The molecule has 1 N–H and O–H groups in total. The normalized spacial score (nSPS) is 17.8. The maximum absolute atomic E-state index is 12.2. The van der Waals surface area contributed by atoms with Crippen LogP contribution < -0.4 is 0 Å². The van der Waals surface area contributed by atoms with E-state index in [1.54, 1.807) is 6.92 Å². The van der Waals surface area contributed by atoms with Crippen molar-refractivity contribution in [2.45, 2.75) is 46.1 Å². The molecule has 1 rings (SSSR count). The molecule has 0 radical (unpaired) electrons. The minimum Gasteiger partial charge on any atom is -0.481 e. The molecule has 5 heteroatoms. The van der Waals surface area contributed by atoms with E-state index in [1.807, 2.05) is 23.6 Å². The number of carboxylic acids is 1. The zero-order chi connectivity index (χ0) is 14.4. The van der Waals surface area contributed by atoms with Gasteiger partial charge in [-0.05, 0) is 33.1 Å². The summed E-state index contributed by atoms with van der Waals surface area (Å²) >= 11 is 0. The van der Waals surface area contributed by atoms with Crippen molar-refractivity contribution in [2.75, 3.05) is 26.2 Å². The van der Waals surface area contributed by atoms with E-state index >= 15 is 0 Å². The molecule has 0 saturated carbocycles. The molecule has 0 aliphatic carbocycles. The Bertz CT molecular complexity index is 312. The minimum absolute atomic E-state index is 0.131. The summed E-state index contributed by atoms with van der Waals surface area (Å²) in [6.45, 7) is 8.12. The fourth-order valence-corrected chi connectivity index (χ4v) is 2.30. The van der Waals surface area contributed by atoms with Gasteiger partial charge >= 0.3 is 5.97 Å². The zero-order valence-corrected chi connectivity index (χ0v) is 12.3. The predicted molar refractivity (Wildman–Crippen MR) is 73.9 cm³/mol. The SMILES string of the molecule is CC(CN(CC(=O)N1CCCCC1)C(C)C)C(=O)O. The summed E-state index contributed by atoms with van der Waals surface area (Å²) in [6, 6.07) is 0.176. The molecule has 0 aromatic heterocycles. The van der Waals surface area contributed by atoms with E-state index in [0.29, 0.717) is 13.1 Å². The Kier molecular flexibility index (Phi) is 6.28. The van der Waals surface area contributed by atoms with Crippen LogP contribution in [0.1, 0.15) is 40.0 Å². The lowest BCUT2D eigenvalue weighted by molar-refractivity contribution is -0.143. The topological polar surface area (TPSA) is 60.9 Å². The van der Waals surface area contributed by atoms with Gasteiger partial charge in [0, 0.05) is 25.7 Å². The van der Waals surface area contributed by atoms with Gasteiger partial charge in [0.2, 0.25) is 5.91 Å². The second kappa shape index (κ2) is 7.48. The van der Waals surface area contributed by atoms with Gasteiger partial charge in [0.15, 0.2) is 0 Å². The number of piperidine rings is 1. The van der Waals surface area contributed by atoms with Crippen LogP contribution in [0.4, 0.5) is 0 Å². The number of amides is 1. The number of rotatable bonds is 6. The van der Waals surface area contributed by atoms with Crippen molar-refractivity contribution in [1.82, 2.24) is 9.80 Å². The average molecular weight is 270 g/mol. The highest BCUT2D eigenvalue weighted by Crippen LogP contribution is 2.11. The molecule has 0 aromatic rings. The largest absolute Gasteiger partial charge is 0.481 e. The Morgan fingerprint density at radius 2 is 1.74 bits per heavy atom. The monoisotopic (exact) mass is 270 g/mol. The van der Waals surface area contributed by atoms with Crippen LogP contribution in [-0.2, 0) is 9.59 Å². The van der Waals surface area contributed by atoms with Gasteiger partial charge in [-0.25, -0.2) is 0 Å². The highest BCUT2D eigenvalue weighted by Gasteiger charge is 2.23. The number of hydrogen-bond acceptors (Lipinski definition) is 3. The molecule has 110 valence electrons. The Morgan fingerprint density at radius 3 is 2.21 bits per heavy atom. The fraction of sp³-hybridized carbons (Fsp3) is 0.857.